The van der Waals surface area contributed by atoms with Crippen LogP contribution in [0.3, 0.4) is 0 Å². The van der Waals surface area contributed by atoms with Crippen LogP contribution in [0.15, 0.2) is 24.3 Å². The molecular weight excluding hydrogens is 250 g/mol. The monoisotopic (exact) mass is 271 g/mol. The fourth-order valence-electron chi connectivity index (χ4n) is 2.85. The highest BCUT2D eigenvalue weighted by atomic mass is 16.3. The Kier molecular flexibility index (Phi) is 3.83. The topological polar surface area (TPSA) is 58.0 Å². The summed E-state index contributed by atoms with van der Waals surface area (Å²) in [6.45, 7) is 2.91. The van der Waals surface area contributed by atoms with Gasteiger partial charge in [0.15, 0.2) is 0 Å². The molecule has 20 heavy (non-hydrogen) atoms. The maximum absolute atomic E-state index is 9.53. The molecule has 0 atom stereocenters. The van der Waals surface area contributed by atoms with Gasteiger partial charge < -0.3 is 10.4 Å². The summed E-state index contributed by atoms with van der Waals surface area (Å²) in [7, 11) is 0. The van der Waals surface area contributed by atoms with Gasteiger partial charge in [-0.2, -0.15) is 0 Å². The van der Waals surface area contributed by atoms with E-state index in [4.69, 9.17) is 0 Å². The molecular formula is C16H21N3O. The Bertz CT molecular complexity index is 591. The van der Waals surface area contributed by atoms with Gasteiger partial charge in [-0.1, -0.05) is 12.1 Å². The minimum Gasteiger partial charge on any atom is -0.393 e. The van der Waals surface area contributed by atoms with Gasteiger partial charge in [0.25, 0.3) is 0 Å². The molecule has 0 unspecified atom stereocenters. The van der Waals surface area contributed by atoms with Crippen molar-refractivity contribution in [3.8, 4) is 0 Å². The number of aliphatic hydroxyl groups excluding tert-OH is 1. The normalized spacial score (nSPS) is 22.9. The largest absolute Gasteiger partial charge is 0.393 e. The lowest BCUT2D eigenvalue weighted by Gasteiger charge is -2.25. The van der Waals surface area contributed by atoms with Gasteiger partial charge in [-0.3, -0.25) is 0 Å². The molecule has 1 aliphatic rings. The van der Waals surface area contributed by atoms with Crippen LogP contribution in [0, 0.1) is 12.8 Å². The average Bonchev–Trinajstić information content (AvgIpc) is 2.47. The number of para-hydroxylation sites is 2. The van der Waals surface area contributed by atoms with Crippen LogP contribution in [0.2, 0.25) is 0 Å². The molecule has 1 fully saturated rings. The molecule has 0 spiro atoms. The molecule has 106 valence electrons. The first-order valence-electron chi connectivity index (χ1n) is 7.37. The van der Waals surface area contributed by atoms with Crippen molar-refractivity contribution >= 4 is 16.9 Å². The molecule has 2 aromatic rings. The lowest BCUT2D eigenvalue weighted by Crippen LogP contribution is -2.24. The summed E-state index contributed by atoms with van der Waals surface area (Å²) in [5, 5.41) is 13.0. The average molecular weight is 271 g/mol. The quantitative estimate of drug-likeness (QED) is 0.901. The third kappa shape index (κ3) is 2.90. The first-order chi connectivity index (χ1) is 9.72. The highest BCUT2D eigenvalue weighted by Crippen LogP contribution is 2.25. The van der Waals surface area contributed by atoms with Crippen molar-refractivity contribution in [2.75, 3.05) is 11.9 Å². The zero-order chi connectivity index (χ0) is 13.9. The number of rotatable bonds is 3. The van der Waals surface area contributed by atoms with Crippen LogP contribution in [-0.4, -0.2) is 27.7 Å². The molecule has 1 aromatic heterocycles. The standard InChI is InChI=1S/C16H21N3O/c1-11-16(17-10-12-6-8-13(20)9-7-12)19-15-5-3-2-4-14(15)18-11/h2-5,12-13,20H,6-10H2,1H3,(H,17,19). The Labute approximate surface area is 119 Å². The molecule has 1 aliphatic carbocycles. The molecule has 0 amide bonds. The van der Waals surface area contributed by atoms with E-state index in [0.29, 0.717) is 5.92 Å². The van der Waals surface area contributed by atoms with Crippen molar-refractivity contribution < 1.29 is 5.11 Å². The number of fused-ring (bicyclic) bond motifs is 1. The number of nitrogens with one attached hydrogen (secondary N) is 1. The van der Waals surface area contributed by atoms with Crippen LogP contribution in [0.5, 0.6) is 0 Å². The van der Waals surface area contributed by atoms with Crippen molar-refractivity contribution in [3.63, 3.8) is 0 Å². The Morgan fingerprint density at radius 1 is 1.10 bits per heavy atom. The van der Waals surface area contributed by atoms with Crippen molar-refractivity contribution in [2.24, 2.45) is 5.92 Å². The van der Waals surface area contributed by atoms with Crippen LogP contribution in [0.1, 0.15) is 31.4 Å². The van der Waals surface area contributed by atoms with Gasteiger partial charge in [0.1, 0.15) is 5.82 Å². The molecule has 0 bridgehead atoms. The molecule has 0 aliphatic heterocycles. The van der Waals surface area contributed by atoms with Crippen molar-refractivity contribution in [1.29, 1.82) is 0 Å². The van der Waals surface area contributed by atoms with E-state index in [9.17, 15) is 5.11 Å². The second-order valence-corrected chi connectivity index (χ2v) is 5.70. The van der Waals surface area contributed by atoms with Gasteiger partial charge in [0, 0.05) is 6.54 Å². The predicted octanol–water partition coefficient (Wildman–Crippen LogP) is 2.90. The summed E-state index contributed by atoms with van der Waals surface area (Å²) >= 11 is 0. The molecule has 4 nitrogen and oxygen atoms in total. The second-order valence-electron chi connectivity index (χ2n) is 5.70. The van der Waals surface area contributed by atoms with E-state index in [1.165, 1.54) is 0 Å². The summed E-state index contributed by atoms with van der Waals surface area (Å²) in [6, 6.07) is 7.95. The van der Waals surface area contributed by atoms with Crippen LogP contribution in [-0.2, 0) is 0 Å². The second kappa shape index (κ2) is 5.75. The molecule has 0 radical (unpaired) electrons. The van der Waals surface area contributed by atoms with Crippen LogP contribution >= 0.6 is 0 Å². The third-order valence-electron chi connectivity index (χ3n) is 4.12. The van der Waals surface area contributed by atoms with Gasteiger partial charge in [0.05, 0.1) is 22.8 Å². The van der Waals surface area contributed by atoms with Gasteiger partial charge in [-0.25, -0.2) is 9.97 Å². The number of hydrogen-bond acceptors (Lipinski definition) is 4. The Balaban J connectivity index is 1.69. The van der Waals surface area contributed by atoms with Gasteiger partial charge in [-0.05, 0) is 50.7 Å². The fourth-order valence-corrected chi connectivity index (χ4v) is 2.85. The fraction of sp³-hybridized carbons (Fsp3) is 0.500. The number of aromatic nitrogens is 2. The van der Waals surface area contributed by atoms with Crippen molar-refractivity contribution in [2.45, 2.75) is 38.7 Å². The molecule has 1 saturated carbocycles. The minimum atomic E-state index is -0.0894. The zero-order valence-corrected chi connectivity index (χ0v) is 11.8. The van der Waals surface area contributed by atoms with Crippen LogP contribution < -0.4 is 5.32 Å². The van der Waals surface area contributed by atoms with Crippen LogP contribution in [0.25, 0.3) is 11.0 Å². The van der Waals surface area contributed by atoms with Gasteiger partial charge >= 0.3 is 0 Å². The van der Waals surface area contributed by atoms with E-state index in [1.54, 1.807) is 0 Å². The van der Waals surface area contributed by atoms with Gasteiger partial charge in [0.2, 0.25) is 0 Å². The first kappa shape index (κ1) is 13.3. The van der Waals surface area contributed by atoms with E-state index in [0.717, 1.165) is 54.8 Å². The summed E-state index contributed by atoms with van der Waals surface area (Å²) in [4.78, 5) is 9.24. The Hall–Kier alpha value is -1.68. The van der Waals surface area contributed by atoms with E-state index < -0.39 is 0 Å². The molecule has 1 aromatic carbocycles. The molecule has 3 rings (SSSR count). The van der Waals surface area contributed by atoms with E-state index in [2.05, 4.69) is 15.3 Å². The highest BCUT2D eigenvalue weighted by Gasteiger charge is 2.19. The smallest absolute Gasteiger partial charge is 0.148 e. The van der Waals surface area contributed by atoms with Crippen molar-refractivity contribution in [1.82, 2.24) is 9.97 Å². The maximum atomic E-state index is 9.53. The van der Waals surface area contributed by atoms with E-state index >= 15 is 0 Å². The Morgan fingerprint density at radius 2 is 1.75 bits per heavy atom. The SMILES string of the molecule is Cc1nc2ccccc2nc1NCC1CCC(O)CC1. The van der Waals surface area contributed by atoms with Crippen molar-refractivity contribution in [3.05, 3.63) is 30.0 Å². The minimum absolute atomic E-state index is 0.0894. The van der Waals surface area contributed by atoms with E-state index in [1.807, 2.05) is 31.2 Å². The number of aryl methyl sites for hydroxylation is 1. The first-order valence-corrected chi connectivity index (χ1v) is 7.37. The number of nitrogens with zero attached hydrogens (tertiary/aromatic N) is 2. The number of aliphatic hydroxyl groups is 1. The lowest BCUT2D eigenvalue weighted by molar-refractivity contribution is 0.111. The zero-order valence-electron chi connectivity index (χ0n) is 11.8. The van der Waals surface area contributed by atoms with E-state index in [-0.39, 0.29) is 6.10 Å². The Morgan fingerprint density at radius 3 is 2.45 bits per heavy atom. The molecule has 2 N–H and O–H groups in total. The molecule has 1 heterocycles. The van der Waals surface area contributed by atoms with Gasteiger partial charge in [-0.15, -0.1) is 0 Å². The highest BCUT2D eigenvalue weighted by molar-refractivity contribution is 5.76. The molecule has 4 heteroatoms. The number of hydrogen-bond donors (Lipinski definition) is 2. The lowest BCUT2D eigenvalue weighted by atomic mass is 9.87. The summed E-state index contributed by atoms with van der Waals surface area (Å²) in [6.07, 6.45) is 3.94. The summed E-state index contributed by atoms with van der Waals surface area (Å²) < 4.78 is 0. The maximum Gasteiger partial charge on any atom is 0.148 e. The predicted molar refractivity (Wildman–Crippen MR) is 80.7 cm³/mol. The third-order valence-corrected chi connectivity index (χ3v) is 4.12. The number of anilines is 1. The number of benzene rings is 1. The summed E-state index contributed by atoms with van der Waals surface area (Å²) in [5.41, 5.74) is 2.82. The molecule has 0 saturated heterocycles. The summed E-state index contributed by atoms with van der Waals surface area (Å²) in [5.74, 6) is 1.51. The van der Waals surface area contributed by atoms with Crippen LogP contribution in [0.4, 0.5) is 5.82 Å².